The molecule has 1 aliphatic rings. The normalized spacial score (nSPS) is 17.5. The van der Waals surface area contributed by atoms with Gasteiger partial charge in [0, 0.05) is 62.4 Å². The molecule has 2 N–H and O–H groups in total. The molecule has 2 atom stereocenters. The molecule has 40 heavy (non-hydrogen) atoms. The highest BCUT2D eigenvalue weighted by Crippen LogP contribution is 2.32. The van der Waals surface area contributed by atoms with Gasteiger partial charge in [0.05, 0.1) is 30.8 Å². The number of aromatic nitrogens is 4. The smallest absolute Gasteiger partial charge is 0.320 e. The highest BCUT2D eigenvalue weighted by Gasteiger charge is 2.35. The van der Waals surface area contributed by atoms with Crippen molar-refractivity contribution >= 4 is 22.8 Å². The van der Waals surface area contributed by atoms with Crippen LogP contribution in [0.3, 0.4) is 0 Å². The number of fused-ring (bicyclic) bond motifs is 1. The van der Waals surface area contributed by atoms with Crippen LogP contribution < -0.4 is 10.6 Å². The fraction of sp³-hybridized carbons (Fsp3) is 0.300. The lowest BCUT2D eigenvalue weighted by Gasteiger charge is -2.21. The topological polar surface area (TPSA) is 102 Å². The Hall–Kier alpha value is -4.41. The van der Waals surface area contributed by atoms with E-state index in [0.29, 0.717) is 12.4 Å². The second-order valence-electron chi connectivity index (χ2n) is 10.3. The van der Waals surface area contributed by atoms with E-state index in [-0.39, 0.29) is 18.0 Å². The second-order valence-corrected chi connectivity index (χ2v) is 10.3. The number of furan rings is 1. The summed E-state index contributed by atoms with van der Waals surface area (Å²) in [6.45, 7) is 4.95. The standard InChI is InChI=1S/C30H33N7O3/c1-20-28(23-16-31-35(2)17-23)34-37(24-7-5-4-6-8-24)29(20)33-30(38)32-26-19-36(12-14-39-3)18-25(26)21-9-10-27-22(15-21)11-13-40-27/h4-11,13,15-17,25-26H,12,14,18-19H2,1-3H3,(H2,32,33,38)/t25-,26+/m0/s1. The molecule has 10 nitrogen and oxygen atoms in total. The third-order valence-electron chi connectivity index (χ3n) is 7.56. The number of likely N-dealkylation sites (tertiary alicyclic amines) is 1. The first-order valence-corrected chi connectivity index (χ1v) is 13.4. The summed E-state index contributed by atoms with van der Waals surface area (Å²) in [5, 5.41) is 16.6. The summed E-state index contributed by atoms with van der Waals surface area (Å²) in [5.74, 6) is 0.737. The number of urea groups is 1. The Morgan fingerprint density at radius 1 is 1.15 bits per heavy atom. The Kier molecular flexibility index (Phi) is 7.10. The van der Waals surface area contributed by atoms with Crippen LogP contribution in [0.15, 0.2) is 77.7 Å². The van der Waals surface area contributed by atoms with Crippen LogP contribution in [0.2, 0.25) is 0 Å². The zero-order chi connectivity index (χ0) is 27.6. The Balaban J connectivity index is 1.28. The molecule has 0 aliphatic carbocycles. The number of hydrogen-bond donors (Lipinski definition) is 2. The number of rotatable bonds is 8. The highest BCUT2D eigenvalue weighted by atomic mass is 16.5. The number of anilines is 1. The largest absolute Gasteiger partial charge is 0.464 e. The fourth-order valence-electron chi connectivity index (χ4n) is 5.52. The number of amides is 2. The van der Waals surface area contributed by atoms with Crippen molar-refractivity contribution in [2.24, 2.45) is 7.05 Å². The number of hydrogen-bond acceptors (Lipinski definition) is 6. The van der Waals surface area contributed by atoms with Gasteiger partial charge in [0.2, 0.25) is 0 Å². The lowest BCUT2D eigenvalue weighted by molar-refractivity contribution is 0.159. The molecule has 10 heteroatoms. The van der Waals surface area contributed by atoms with Crippen LogP contribution >= 0.6 is 0 Å². The zero-order valence-corrected chi connectivity index (χ0v) is 22.9. The molecule has 1 saturated heterocycles. The maximum Gasteiger partial charge on any atom is 0.320 e. The lowest BCUT2D eigenvalue weighted by Crippen LogP contribution is -2.42. The van der Waals surface area contributed by atoms with Crippen LogP contribution in [0, 0.1) is 6.92 Å². The molecule has 3 aromatic heterocycles. The van der Waals surface area contributed by atoms with E-state index in [1.807, 2.05) is 62.6 Å². The predicted octanol–water partition coefficient (Wildman–Crippen LogP) is 4.56. The van der Waals surface area contributed by atoms with Crippen molar-refractivity contribution in [3.63, 3.8) is 0 Å². The van der Waals surface area contributed by atoms with Gasteiger partial charge in [0.1, 0.15) is 17.1 Å². The van der Waals surface area contributed by atoms with Crippen LogP contribution in [-0.4, -0.2) is 69.9 Å². The van der Waals surface area contributed by atoms with Crippen LogP contribution in [0.4, 0.5) is 10.6 Å². The molecule has 0 unspecified atom stereocenters. The average molecular weight is 540 g/mol. The number of methoxy groups -OCH3 is 1. The Morgan fingerprint density at radius 2 is 2.00 bits per heavy atom. The van der Waals surface area contributed by atoms with Crippen molar-refractivity contribution in [2.45, 2.75) is 18.9 Å². The van der Waals surface area contributed by atoms with Gasteiger partial charge >= 0.3 is 6.03 Å². The molecular weight excluding hydrogens is 506 g/mol. The molecule has 0 radical (unpaired) electrons. The minimum Gasteiger partial charge on any atom is -0.464 e. The number of benzene rings is 2. The average Bonchev–Trinajstić information content (AvgIpc) is 3.75. The van der Waals surface area contributed by atoms with Gasteiger partial charge < -0.3 is 14.5 Å². The SMILES string of the molecule is COCCN1C[C@@H](NC(=O)Nc2c(C)c(-c3cnn(C)c3)nn2-c2ccccc2)[C@H](c2ccc3occc3c2)C1. The third kappa shape index (κ3) is 5.11. The third-order valence-corrected chi connectivity index (χ3v) is 7.56. The molecule has 1 fully saturated rings. The number of nitrogens with one attached hydrogen (secondary N) is 2. The van der Waals surface area contributed by atoms with Gasteiger partial charge in [0.15, 0.2) is 0 Å². The van der Waals surface area contributed by atoms with E-state index in [4.69, 9.17) is 14.3 Å². The molecule has 5 aromatic rings. The summed E-state index contributed by atoms with van der Waals surface area (Å²) in [6, 6.07) is 17.7. The maximum atomic E-state index is 13.6. The minimum atomic E-state index is -0.272. The van der Waals surface area contributed by atoms with E-state index < -0.39 is 0 Å². The highest BCUT2D eigenvalue weighted by molar-refractivity contribution is 5.91. The molecular formula is C30H33N7O3. The molecule has 2 amide bonds. The van der Waals surface area contributed by atoms with E-state index in [2.05, 4.69) is 32.8 Å². The summed E-state index contributed by atoms with van der Waals surface area (Å²) in [5.41, 5.74) is 5.40. The Morgan fingerprint density at radius 3 is 2.77 bits per heavy atom. The first-order chi connectivity index (χ1) is 19.5. The number of ether oxygens (including phenoxy) is 1. The molecule has 0 bridgehead atoms. The number of aryl methyl sites for hydroxylation is 1. The molecule has 4 heterocycles. The number of nitrogens with zero attached hydrogens (tertiary/aromatic N) is 5. The van der Waals surface area contributed by atoms with E-state index in [1.165, 1.54) is 5.56 Å². The quantitative estimate of drug-likeness (QED) is 0.300. The van der Waals surface area contributed by atoms with Gasteiger partial charge in [-0.2, -0.15) is 10.2 Å². The summed E-state index contributed by atoms with van der Waals surface area (Å²) < 4.78 is 14.4. The predicted molar refractivity (Wildman–Crippen MR) is 154 cm³/mol. The number of carbonyl (C=O) groups excluding carboxylic acids is 1. The van der Waals surface area contributed by atoms with Crippen LogP contribution in [0.25, 0.3) is 27.9 Å². The Bertz CT molecular complexity index is 1620. The molecule has 2 aromatic carbocycles. The van der Waals surface area contributed by atoms with Crippen LogP contribution in [0.5, 0.6) is 0 Å². The monoisotopic (exact) mass is 539 g/mol. The van der Waals surface area contributed by atoms with Crippen molar-refractivity contribution in [1.29, 1.82) is 0 Å². The Labute approximate surface area is 232 Å². The van der Waals surface area contributed by atoms with E-state index in [1.54, 1.807) is 28.9 Å². The minimum absolute atomic E-state index is 0.0904. The van der Waals surface area contributed by atoms with E-state index in [0.717, 1.165) is 53.1 Å². The lowest BCUT2D eigenvalue weighted by atomic mass is 9.93. The van der Waals surface area contributed by atoms with Crippen molar-refractivity contribution in [2.75, 3.05) is 38.7 Å². The maximum absolute atomic E-state index is 13.6. The van der Waals surface area contributed by atoms with Crippen molar-refractivity contribution in [3.8, 4) is 16.9 Å². The van der Waals surface area contributed by atoms with Gasteiger partial charge in [0.25, 0.3) is 0 Å². The summed E-state index contributed by atoms with van der Waals surface area (Å²) in [4.78, 5) is 15.9. The summed E-state index contributed by atoms with van der Waals surface area (Å²) in [7, 11) is 3.58. The molecule has 0 spiro atoms. The van der Waals surface area contributed by atoms with Gasteiger partial charge in [-0.1, -0.05) is 24.3 Å². The number of para-hydroxylation sites is 1. The summed E-state index contributed by atoms with van der Waals surface area (Å²) >= 11 is 0. The molecule has 0 saturated carbocycles. The van der Waals surface area contributed by atoms with Gasteiger partial charge in [-0.3, -0.25) is 14.9 Å². The van der Waals surface area contributed by atoms with Crippen LogP contribution in [0.1, 0.15) is 17.0 Å². The summed E-state index contributed by atoms with van der Waals surface area (Å²) in [6.07, 6.45) is 5.40. The second kappa shape index (κ2) is 11.0. The number of carbonyl (C=O) groups is 1. The van der Waals surface area contributed by atoms with Crippen LogP contribution in [-0.2, 0) is 11.8 Å². The molecule has 6 rings (SSSR count). The van der Waals surface area contributed by atoms with Gasteiger partial charge in [-0.25, -0.2) is 9.48 Å². The van der Waals surface area contributed by atoms with Crippen molar-refractivity contribution in [1.82, 2.24) is 29.8 Å². The van der Waals surface area contributed by atoms with E-state index >= 15 is 0 Å². The van der Waals surface area contributed by atoms with Gasteiger partial charge in [-0.15, -0.1) is 0 Å². The molecule has 206 valence electrons. The van der Waals surface area contributed by atoms with Gasteiger partial charge in [-0.05, 0) is 42.8 Å². The fourth-order valence-corrected chi connectivity index (χ4v) is 5.52. The molecule has 1 aliphatic heterocycles. The van der Waals surface area contributed by atoms with Crippen molar-refractivity contribution < 1.29 is 13.9 Å². The van der Waals surface area contributed by atoms with Crippen molar-refractivity contribution in [3.05, 3.63) is 84.4 Å². The first-order valence-electron chi connectivity index (χ1n) is 13.4. The first kappa shape index (κ1) is 25.8. The zero-order valence-electron chi connectivity index (χ0n) is 22.9. The van der Waals surface area contributed by atoms with E-state index in [9.17, 15) is 4.79 Å².